The second-order valence-electron chi connectivity index (χ2n) is 5.04. The molecule has 0 amide bonds. The van der Waals surface area contributed by atoms with E-state index in [1.165, 1.54) is 0 Å². The van der Waals surface area contributed by atoms with Gasteiger partial charge in [0.05, 0.1) is 6.61 Å². The molecule has 6 atom stereocenters. The number of hydroxylamine groups is 1. The lowest BCUT2D eigenvalue weighted by Crippen LogP contribution is -2.59. The zero-order valence-corrected chi connectivity index (χ0v) is 13.2. The number of carbonyl (C=O) groups excluding carboxylic acids is 1. The Kier molecular flexibility index (Phi) is 12.0. The van der Waals surface area contributed by atoms with Gasteiger partial charge in [-0.15, -0.1) is 0 Å². The molecule has 12 nitrogen and oxygen atoms in total. The number of nitrogens with one attached hydrogen (secondary N) is 2. The summed E-state index contributed by atoms with van der Waals surface area (Å²) in [6.07, 6.45) is -9.65. The fourth-order valence-electron chi connectivity index (χ4n) is 1.76. The van der Waals surface area contributed by atoms with Crippen molar-refractivity contribution < 1.29 is 40.3 Å². The van der Waals surface area contributed by atoms with Gasteiger partial charge in [0, 0.05) is 26.2 Å². The maximum atomic E-state index is 11.9. The number of hydrogen-bond acceptors (Lipinski definition) is 12. The molecule has 12 heteroatoms. The smallest absolute Gasteiger partial charge is 0.344 e. The highest BCUT2D eigenvalue weighted by Gasteiger charge is 2.40. The summed E-state index contributed by atoms with van der Waals surface area (Å²) in [6, 6.07) is -1.48. The second-order valence-corrected chi connectivity index (χ2v) is 5.04. The van der Waals surface area contributed by atoms with Crippen LogP contribution < -0.4 is 22.3 Å². The monoisotopic (exact) mass is 356 g/mol. The number of aliphatic hydroxyl groups excluding tert-OH is 6. The van der Waals surface area contributed by atoms with Crippen molar-refractivity contribution in [2.24, 2.45) is 11.5 Å². The molecule has 0 bridgehead atoms. The first-order valence-electron chi connectivity index (χ1n) is 7.40. The summed E-state index contributed by atoms with van der Waals surface area (Å²) < 4.78 is 0. The van der Waals surface area contributed by atoms with Crippen LogP contribution in [0.3, 0.4) is 0 Å². The average molecular weight is 356 g/mol. The molecule has 0 heterocycles. The first-order chi connectivity index (χ1) is 11.3. The van der Waals surface area contributed by atoms with E-state index in [-0.39, 0.29) is 26.2 Å². The predicted molar refractivity (Wildman–Crippen MR) is 81.1 cm³/mol. The SMILES string of the molecule is NCCNOC(=O)C(NCCN)C(O)[C@H](O)[C@@H](O)[C@H](O)[C@H](O)CO. The van der Waals surface area contributed by atoms with Gasteiger partial charge in [-0.05, 0) is 0 Å². The minimum Gasteiger partial charge on any atom is -0.394 e. The van der Waals surface area contributed by atoms with Gasteiger partial charge in [-0.3, -0.25) is 0 Å². The van der Waals surface area contributed by atoms with Crippen LogP contribution in [0.15, 0.2) is 0 Å². The standard InChI is InChI=1S/C12H28N4O8/c13-1-3-15-7(12(23)24-16-4-2-14)9(20)11(22)10(21)8(19)6(18)5-17/h6-11,15-22H,1-5,13-14H2/t6-,7?,8-,9?,10+,11+/m1/s1. The van der Waals surface area contributed by atoms with Crippen LogP contribution in [0.5, 0.6) is 0 Å². The number of aliphatic hydroxyl groups is 6. The molecule has 0 saturated heterocycles. The quantitative estimate of drug-likeness (QED) is 0.110. The van der Waals surface area contributed by atoms with Crippen molar-refractivity contribution >= 4 is 5.97 Å². The number of rotatable bonds is 13. The van der Waals surface area contributed by atoms with Crippen molar-refractivity contribution in [3.8, 4) is 0 Å². The van der Waals surface area contributed by atoms with Gasteiger partial charge < -0.3 is 52.3 Å². The minimum absolute atomic E-state index is 0.0817. The summed E-state index contributed by atoms with van der Waals surface area (Å²) in [4.78, 5) is 16.6. The summed E-state index contributed by atoms with van der Waals surface area (Å²) in [6.45, 7) is -0.349. The lowest BCUT2D eigenvalue weighted by molar-refractivity contribution is -0.168. The number of carbonyl (C=O) groups is 1. The summed E-state index contributed by atoms with van der Waals surface area (Å²) in [5.41, 5.74) is 12.8. The Hall–Kier alpha value is -0.930. The van der Waals surface area contributed by atoms with Crippen LogP contribution in [0.25, 0.3) is 0 Å². The van der Waals surface area contributed by atoms with E-state index in [0.29, 0.717) is 0 Å². The highest BCUT2D eigenvalue weighted by Crippen LogP contribution is 2.12. The van der Waals surface area contributed by atoms with E-state index in [4.69, 9.17) is 16.6 Å². The third kappa shape index (κ3) is 7.31. The third-order valence-corrected chi connectivity index (χ3v) is 3.15. The van der Waals surface area contributed by atoms with Crippen molar-refractivity contribution in [3.63, 3.8) is 0 Å². The number of nitrogens with two attached hydrogens (primary N) is 2. The highest BCUT2D eigenvalue weighted by molar-refractivity contribution is 5.76. The van der Waals surface area contributed by atoms with Crippen LogP contribution in [0, 0.1) is 0 Å². The molecule has 0 aliphatic rings. The lowest BCUT2D eigenvalue weighted by Gasteiger charge is -2.31. The molecule has 0 aliphatic heterocycles. The first-order valence-corrected chi connectivity index (χ1v) is 7.40. The van der Waals surface area contributed by atoms with Crippen LogP contribution >= 0.6 is 0 Å². The van der Waals surface area contributed by atoms with E-state index in [0.717, 1.165) is 0 Å². The molecular formula is C12H28N4O8. The molecule has 2 unspecified atom stereocenters. The van der Waals surface area contributed by atoms with Gasteiger partial charge in [-0.25, -0.2) is 4.79 Å². The molecule has 0 fully saturated rings. The molecule has 144 valence electrons. The van der Waals surface area contributed by atoms with Gasteiger partial charge >= 0.3 is 5.97 Å². The van der Waals surface area contributed by atoms with Crippen LogP contribution in [-0.2, 0) is 9.63 Å². The molecule has 0 spiro atoms. The Morgan fingerprint density at radius 1 is 0.917 bits per heavy atom. The maximum absolute atomic E-state index is 11.9. The summed E-state index contributed by atoms with van der Waals surface area (Å²) in [5, 5.41) is 59.8. The molecule has 0 aromatic carbocycles. The number of hydrogen-bond donors (Lipinski definition) is 10. The molecule has 24 heavy (non-hydrogen) atoms. The van der Waals surface area contributed by atoms with E-state index in [1.807, 2.05) is 0 Å². The van der Waals surface area contributed by atoms with Crippen LogP contribution in [0.1, 0.15) is 0 Å². The Balaban J connectivity index is 4.93. The van der Waals surface area contributed by atoms with E-state index in [1.54, 1.807) is 0 Å². The molecular weight excluding hydrogens is 328 g/mol. The van der Waals surface area contributed by atoms with Gasteiger partial charge in [0.15, 0.2) is 0 Å². The zero-order chi connectivity index (χ0) is 18.7. The third-order valence-electron chi connectivity index (χ3n) is 3.15. The van der Waals surface area contributed by atoms with Crippen molar-refractivity contribution in [1.82, 2.24) is 10.8 Å². The molecule has 12 N–H and O–H groups in total. The Morgan fingerprint density at radius 3 is 1.96 bits per heavy atom. The van der Waals surface area contributed by atoms with Crippen molar-refractivity contribution in [3.05, 3.63) is 0 Å². The lowest BCUT2D eigenvalue weighted by atomic mass is 9.95. The summed E-state index contributed by atoms with van der Waals surface area (Å²) in [7, 11) is 0. The van der Waals surface area contributed by atoms with Crippen molar-refractivity contribution in [2.45, 2.75) is 36.6 Å². The molecule has 0 aromatic heterocycles. The maximum Gasteiger partial charge on any atom is 0.344 e. The van der Waals surface area contributed by atoms with Gasteiger partial charge in [0.1, 0.15) is 36.6 Å². The Morgan fingerprint density at radius 2 is 1.46 bits per heavy atom. The topological polar surface area (TPSA) is 224 Å². The van der Waals surface area contributed by atoms with Gasteiger partial charge in [-0.1, -0.05) is 0 Å². The molecule has 0 aliphatic carbocycles. The van der Waals surface area contributed by atoms with Crippen molar-refractivity contribution in [1.29, 1.82) is 0 Å². The molecule has 0 saturated carbocycles. The van der Waals surface area contributed by atoms with Crippen LogP contribution in [0.2, 0.25) is 0 Å². The zero-order valence-electron chi connectivity index (χ0n) is 13.2. The van der Waals surface area contributed by atoms with Crippen LogP contribution in [-0.4, -0.2) is 106 Å². The fourth-order valence-corrected chi connectivity index (χ4v) is 1.76. The van der Waals surface area contributed by atoms with Gasteiger partial charge in [-0.2, -0.15) is 5.48 Å². The molecule has 0 aromatic rings. The van der Waals surface area contributed by atoms with E-state index < -0.39 is 49.1 Å². The average Bonchev–Trinajstić information content (AvgIpc) is 2.59. The van der Waals surface area contributed by atoms with E-state index in [2.05, 4.69) is 15.6 Å². The largest absolute Gasteiger partial charge is 0.394 e. The van der Waals surface area contributed by atoms with E-state index >= 15 is 0 Å². The molecule has 0 radical (unpaired) electrons. The second kappa shape index (κ2) is 12.4. The first kappa shape index (κ1) is 23.1. The summed E-state index contributed by atoms with van der Waals surface area (Å²) >= 11 is 0. The molecule has 0 rings (SSSR count). The van der Waals surface area contributed by atoms with Crippen molar-refractivity contribution in [2.75, 3.05) is 32.8 Å². The van der Waals surface area contributed by atoms with Gasteiger partial charge in [0.2, 0.25) is 0 Å². The minimum atomic E-state index is -2.03. The van der Waals surface area contributed by atoms with Crippen LogP contribution in [0.4, 0.5) is 0 Å². The fraction of sp³-hybridized carbons (Fsp3) is 0.917. The predicted octanol–water partition coefficient (Wildman–Crippen LogP) is -6.29. The summed E-state index contributed by atoms with van der Waals surface area (Å²) in [5.74, 6) is -1.01. The normalized spacial score (nSPS) is 19.2. The Bertz CT molecular complexity index is 351. The Labute approximate surface area is 139 Å². The van der Waals surface area contributed by atoms with E-state index in [9.17, 15) is 30.3 Å². The van der Waals surface area contributed by atoms with Gasteiger partial charge in [0.25, 0.3) is 0 Å². The highest BCUT2D eigenvalue weighted by atomic mass is 16.7.